The van der Waals surface area contributed by atoms with Crippen LogP contribution in [-0.2, 0) is 30.3 Å². The minimum atomic E-state index is -3.64. The summed E-state index contributed by atoms with van der Waals surface area (Å²) in [6.07, 6.45) is 9.54. The number of hydrogen-bond donors (Lipinski definition) is 2. The molecule has 4 rings (SSSR count). The summed E-state index contributed by atoms with van der Waals surface area (Å²) in [4.78, 5) is 11.6. The summed E-state index contributed by atoms with van der Waals surface area (Å²) >= 11 is 0. The van der Waals surface area contributed by atoms with Gasteiger partial charge in [-0.3, -0.25) is 14.5 Å². The maximum Gasteiger partial charge on any atom is 0.366 e. The van der Waals surface area contributed by atoms with Gasteiger partial charge in [0.1, 0.15) is 0 Å². The Kier molecular flexibility index (Phi) is 14.7. The van der Waals surface area contributed by atoms with Gasteiger partial charge in [-0.1, -0.05) is 3.97 Å². The molecule has 18 heteroatoms. The topological polar surface area (TPSA) is 167 Å². The van der Waals surface area contributed by atoms with E-state index in [-0.39, 0.29) is 6.17 Å². The second-order valence-corrected chi connectivity index (χ2v) is 15.1. The Balaban J connectivity index is 0.000000285. The average Bonchev–Trinajstić information content (AvgIpc) is 3.69. The quantitative estimate of drug-likeness (QED) is 0.348. The van der Waals surface area contributed by atoms with Crippen molar-refractivity contribution in [2.45, 2.75) is 57.0 Å². The third-order valence-electron chi connectivity index (χ3n) is 6.27. The summed E-state index contributed by atoms with van der Waals surface area (Å²) in [7, 11) is -6.13. The standard InChI is InChI=1S/C8H13N2O2S.C6H10N2O2S.C5H9N3O2S.C5H8N2/c1-9(2)8-4-6-10(7-5-8)13(3,11)12;1-7-6-4-3-5-8(6)11(2,9)10;1-7-5-3-2-4-8(5)11(6,9)10;1-6-5-3-2-4-7-5/h4-7H,1-3H3;6H,3-5H2,2H3;5H,2-4H2,(H2,6,9,10);5,7H,2-4H2/q+1;;;/t;6-;2*5-/m.000/s1. The Hall–Kier alpha value is -2.89. The van der Waals surface area contributed by atoms with E-state index in [9.17, 15) is 25.3 Å². The van der Waals surface area contributed by atoms with Crippen molar-refractivity contribution < 1.29 is 29.2 Å². The largest absolute Gasteiger partial charge is 0.377 e. The number of aromatic nitrogens is 1. The summed E-state index contributed by atoms with van der Waals surface area (Å²) in [6, 6.07) is 3.50. The molecule has 1 aromatic rings. The lowest BCUT2D eigenvalue weighted by molar-refractivity contribution is -0.510. The van der Waals surface area contributed by atoms with E-state index in [1.807, 2.05) is 19.0 Å². The molecule has 42 heavy (non-hydrogen) atoms. The third-order valence-corrected chi connectivity index (χ3v) is 9.64. The first-order valence-corrected chi connectivity index (χ1v) is 18.1. The molecule has 0 saturated carbocycles. The zero-order valence-electron chi connectivity index (χ0n) is 24.3. The van der Waals surface area contributed by atoms with Crippen LogP contribution in [0.3, 0.4) is 0 Å². The number of rotatable bonds is 4. The van der Waals surface area contributed by atoms with Gasteiger partial charge in [0.25, 0.3) is 28.7 Å². The highest BCUT2D eigenvalue weighted by Crippen LogP contribution is 2.21. The number of anilines is 1. The minimum Gasteiger partial charge on any atom is -0.377 e. The first-order chi connectivity index (χ1) is 19.4. The maximum absolute atomic E-state index is 11.1. The highest BCUT2D eigenvalue weighted by Gasteiger charge is 2.36. The zero-order chi connectivity index (χ0) is 32.1. The predicted molar refractivity (Wildman–Crippen MR) is 159 cm³/mol. The minimum absolute atomic E-state index is 0.139. The molecule has 3 N–H and O–H groups in total. The summed E-state index contributed by atoms with van der Waals surface area (Å²) in [5.41, 5.74) is 0.972. The van der Waals surface area contributed by atoms with Crippen LogP contribution < -0.4 is 19.3 Å². The van der Waals surface area contributed by atoms with Crippen molar-refractivity contribution in [3.8, 4) is 0 Å². The van der Waals surface area contributed by atoms with Gasteiger partial charge >= 0.3 is 10.0 Å². The Bertz CT molecular complexity index is 1400. The lowest BCUT2D eigenvalue weighted by Crippen LogP contribution is -2.40. The van der Waals surface area contributed by atoms with E-state index in [1.54, 1.807) is 12.1 Å². The van der Waals surface area contributed by atoms with Crippen LogP contribution in [0.1, 0.15) is 38.5 Å². The summed E-state index contributed by atoms with van der Waals surface area (Å²) in [5.74, 6) is 0. The van der Waals surface area contributed by atoms with Gasteiger partial charge in [0.05, 0.1) is 12.5 Å². The van der Waals surface area contributed by atoms with Gasteiger partial charge in [-0.05, 0) is 19.3 Å². The number of nitrogens with one attached hydrogen (secondary N) is 1. The number of pyridine rings is 1. The van der Waals surface area contributed by atoms with Gasteiger partial charge in [-0.2, -0.15) is 16.8 Å². The van der Waals surface area contributed by atoms with E-state index in [0.29, 0.717) is 25.9 Å². The molecule has 3 atom stereocenters. The summed E-state index contributed by atoms with van der Waals surface area (Å²) in [5, 5.41) is 7.91. The van der Waals surface area contributed by atoms with Gasteiger partial charge in [0, 0.05) is 70.8 Å². The average molecular weight is 647 g/mol. The molecule has 0 aliphatic carbocycles. The smallest absolute Gasteiger partial charge is 0.366 e. The highest BCUT2D eigenvalue weighted by molar-refractivity contribution is 7.88. The second kappa shape index (κ2) is 16.7. The molecule has 0 amide bonds. The fourth-order valence-electron chi connectivity index (χ4n) is 4.09. The van der Waals surface area contributed by atoms with Crippen molar-refractivity contribution in [3.05, 3.63) is 58.8 Å². The lowest BCUT2D eigenvalue weighted by Gasteiger charge is -2.11. The van der Waals surface area contributed by atoms with E-state index in [4.69, 9.17) is 24.9 Å². The first-order valence-electron chi connectivity index (χ1n) is 12.9. The number of nitrogens with zero attached hydrogens (tertiary/aromatic N) is 7. The molecule has 3 fully saturated rings. The molecule has 3 aliphatic heterocycles. The molecule has 3 aliphatic rings. The molecular formula is C24H40N9O6S3+. The van der Waals surface area contributed by atoms with Crippen molar-refractivity contribution in [2.75, 3.05) is 51.1 Å². The molecular weight excluding hydrogens is 607 g/mol. The van der Waals surface area contributed by atoms with E-state index < -0.39 is 42.6 Å². The highest BCUT2D eigenvalue weighted by atomic mass is 32.2. The first kappa shape index (κ1) is 37.1. The van der Waals surface area contributed by atoms with Gasteiger partial charge in [0.15, 0.2) is 12.4 Å². The number of sulfonamides is 1. The van der Waals surface area contributed by atoms with Crippen LogP contribution in [0.5, 0.6) is 0 Å². The van der Waals surface area contributed by atoms with E-state index in [0.717, 1.165) is 42.1 Å². The normalized spacial score (nSPS) is 22.5. The third kappa shape index (κ3) is 12.5. The fraction of sp³-hybridized carbons (Fsp3) is 0.667. The zero-order valence-corrected chi connectivity index (χ0v) is 26.7. The predicted octanol–water partition coefficient (Wildman–Crippen LogP) is 0.281. The second-order valence-electron chi connectivity index (χ2n) is 9.82. The molecule has 15 nitrogen and oxygen atoms in total. The van der Waals surface area contributed by atoms with Crippen LogP contribution in [0.4, 0.5) is 5.69 Å². The van der Waals surface area contributed by atoms with E-state index in [2.05, 4.69) is 19.9 Å². The van der Waals surface area contributed by atoms with Crippen LogP contribution in [0.15, 0.2) is 24.5 Å². The van der Waals surface area contributed by atoms with Crippen molar-refractivity contribution in [2.24, 2.45) is 5.14 Å². The molecule has 3 saturated heterocycles. The lowest BCUT2D eigenvalue weighted by atomic mass is 10.3. The Labute approximate surface area is 250 Å². The van der Waals surface area contributed by atoms with E-state index >= 15 is 0 Å². The van der Waals surface area contributed by atoms with Gasteiger partial charge < -0.3 is 4.90 Å². The SMILES string of the molecule is CN(C)c1cc[n+](S(C)(=O)=O)cc1.[C-]#[N+][C@@H]1CCCN1.[C-]#[N+][C@@H]1CCCN1S(C)(=O)=O.[C-]#[N+][C@@H]1CCCN1S(N)(=O)=O. The summed E-state index contributed by atoms with van der Waals surface area (Å²) in [6.45, 7) is 21.9. The molecule has 0 radical (unpaired) electrons. The van der Waals surface area contributed by atoms with Crippen LogP contribution in [-0.4, -0.2) is 98.6 Å². The van der Waals surface area contributed by atoms with E-state index in [1.165, 1.54) is 33.3 Å². The Morgan fingerprint density at radius 2 is 1.36 bits per heavy atom. The molecule has 0 aromatic carbocycles. The Morgan fingerprint density at radius 3 is 1.64 bits per heavy atom. The van der Waals surface area contributed by atoms with Crippen LogP contribution in [0, 0.1) is 19.7 Å². The fourth-order valence-corrected chi connectivity index (χ4v) is 6.58. The molecule has 1 aromatic heterocycles. The van der Waals surface area contributed by atoms with Crippen LogP contribution >= 0.6 is 0 Å². The molecule has 4 heterocycles. The van der Waals surface area contributed by atoms with Crippen LogP contribution in [0.25, 0.3) is 14.5 Å². The van der Waals surface area contributed by atoms with Gasteiger partial charge in [-0.25, -0.2) is 38.6 Å². The van der Waals surface area contributed by atoms with Crippen LogP contribution in [0.2, 0.25) is 0 Å². The molecule has 0 bridgehead atoms. The van der Waals surface area contributed by atoms with Crippen molar-refractivity contribution in [3.63, 3.8) is 0 Å². The van der Waals surface area contributed by atoms with Crippen molar-refractivity contribution in [1.82, 2.24) is 13.9 Å². The summed E-state index contributed by atoms with van der Waals surface area (Å²) < 4.78 is 69.1. The maximum atomic E-state index is 11.1. The number of hydrogen-bond acceptors (Lipinski definition) is 8. The van der Waals surface area contributed by atoms with Gasteiger partial charge in [-0.15, -0.1) is 8.61 Å². The van der Waals surface area contributed by atoms with Crippen molar-refractivity contribution in [1.29, 1.82) is 0 Å². The molecule has 0 unspecified atom stereocenters. The Morgan fingerprint density at radius 1 is 0.857 bits per heavy atom. The van der Waals surface area contributed by atoms with Crippen molar-refractivity contribution >= 4 is 35.9 Å². The monoisotopic (exact) mass is 646 g/mol. The molecule has 0 spiro atoms. The number of nitrogens with two attached hydrogens (primary N) is 1. The van der Waals surface area contributed by atoms with Gasteiger partial charge in [0.2, 0.25) is 10.0 Å². The molecule has 234 valence electrons.